The molecule has 0 heterocycles. The van der Waals surface area contributed by atoms with Gasteiger partial charge in [-0.1, -0.05) is 66.7 Å². The number of carbonyl (C=O) groups excluding carboxylic acids is 2. The molecule has 0 unspecified atom stereocenters. The van der Waals surface area contributed by atoms with Crippen molar-refractivity contribution >= 4 is 11.7 Å². The quantitative estimate of drug-likeness (QED) is 0.445. The van der Waals surface area contributed by atoms with Crippen LogP contribution in [-0.2, 0) is 11.3 Å². The number of benzene rings is 2. The van der Waals surface area contributed by atoms with Crippen molar-refractivity contribution in [3.8, 4) is 0 Å². The van der Waals surface area contributed by atoms with E-state index >= 15 is 0 Å². The Kier molecular flexibility index (Phi) is 5.66. The summed E-state index contributed by atoms with van der Waals surface area (Å²) < 4.78 is 0. The van der Waals surface area contributed by atoms with Gasteiger partial charge in [0.25, 0.3) is 0 Å². The SMILES string of the molecule is C=CCN(Cc1ccccc1)C(=O)CC(=O)c1ccccc1. The summed E-state index contributed by atoms with van der Waals surface area (Å²) in [5, 5.41) is 0. The highest BCUT2D eigenvalue weighted by Gasteiger charge is 2.17. The molecule has 0 aliphatic rings. The number of carbonyl (C=O) groups is 2. The first-order valence-electron chi connectivity index (χ1n) is 7.21. The van der Waals surface area contributed by atoms with Gasteiger partial charge in [-0.3, -0.25) is 9.59 Å². The zero-order chi connectivity index (χ0) is 15.8. The molecule has 0 N–H and O–H groups in total. The molecule has 112 valence electrons. The van der Waals surface area contributed by atoms with E-state index in [9.17, 15) is 9.59 Å². The summed E-state index contributed by atoms with van der Waals surface area (Å²) in [6, 6.07) is 18.6. The average molecular weight is 293 g/mol. The van der Waals surface area contributed by atoms with Crippen LogP contribution in [0, 0.1) is 0 Å². The minimum absolute atomic E-state index is 0.120. The van der Waals surface area contributed by atoms with E-state index in [2.05, 4.69) is 6.58 Å². The van der Waals surface area contributed by atoms with Gasteiger partial charge in [0.2, 0.25) is 5.91 Å². The van der Waals surface area contributed by atoms with Crippen molar-refractivity contribution in [2.75, 3.05) is 6.54 Å². The Bertz CT molecular complexity index is 635. The van der Waals surface area contributed by atoms with Crippen LogP contribution in [0.5, 0.6) is 0 Å². The Morgan fingerprint density at radius 3 is 2.14 bits per heavy atom. The van der Waals surface area contributed by atoms with Crippen molar-refractivity contribution in [2.24, 2.45) is 0 Å². The van der Waals surface area contributed by atoms with Crippen LogP contribution in [0.3, 0.4) is 0 Å². The Morgan fingerprint density at radius 2 is 1.55 bits per heavy atom. The molecule has 0 radical (unpaired) electrons. The molecule has 0 aliphatic carbocycles. The molecule has 2 aromatic rings. The highest BCUT2D eigenvalue weighted by atomic mass is 16.2. The van der Waals surface area contributed by atoms with Gasteiger partial charge in [0, 0.05) is 18.7 Å². The Balaban J connectivity index is 2.03. The molecule has 2 rings (SSSR count). The topological polar surface area (TPSA) is 37.4 Å². The third-order valence-corrected chi connectivity index (χ3v) is 3.33. The summed E-state index contributed by atoms with van der Waals surface area (Å²) in [6.45, 7) is 4.59. The van der Waals surface area contributed by atoms with Gasteiger partial charge in [-0.05, 0) is 5.56 Å². The fourth-order valence-corrected chi connectivity index (χ4v) is 2.19. The maximum atomic E-state index is 12.4. The number of Topliss-reactive ketones (excluding diaryl/α,β-unsaturated/α-hetero) is 1. The molecule has 0 aromatic heterocycles. The Labute approximate surface area is 130 Å². The van der Waals surface area contributed by atoms with Crippen LogP contribution in [0.15, 0.2) is 73.3 Å². The van der Waals surface area contributed by atoms with Crippen molar-refractivity contribution < 1.29 is 9.59 Å². The van der Waals surface area contributed by atoms with E-state index in [0.29, 0.717) is 18.7 Å². The van der Waals surface area contributed by atoms with Crippen molar-refractivity contribution in [2.45, 2.75) is 13.0 Å². The number of rotatable bonds is 7. The maximum Gasteiger partial charge on any atom is 0.230 e. The minimum Gasteiger partial charge on any atom is -0.334 e. The maximum absolute atomic E-state index is 12.4. The van der Waals surface area contributed by atoms with Crippen LogP contribution >= 0.6 is 0 Å². The van der Waals surface area contributed by atoms with Crippen LogP contribution in [0.2, 0.25) is 0 Å². The smallest absolute Gasteiger partial charge is 0.230 e. The number of amides is 1. The largest absolute Gasteiger partial charge is 0.334 e. The zero-order valence-electron chi connectivity index (χ0n) is 12.4. The van der Waals surface area contributed by atoms with Crippen LogP contribution < -0.4 is 0 Å². The summed E-state index contributed by atoms with van der Waals surface area (Å²) >= 11 is 0. The fraction of sp³-hybridized carbons (Fsp3) is 0.158. The molecule has 3 heteroatoms. The van der Waals surface area contributed by atoms with Gasteiger partial charge in [-0.25, -0.2) is 0 Å². The number of ketones is 1. The summed E-state index contributed by atoms with van der Waals surface area (Å²) in [6.07, 6.45) is 1.55. The lowest BCUT2D eigenvalue weighted by Gasteiger charge is -2.21. The van der Waals surface area contributed by atoms with E-state index in [-0.39, 0.29) is 18.1 Å². The molecule has 0 aliphatic heterocycles. The number of nitrogens with zero attached hydrogens (tertiary/aromatic N) is 1. The van der Waals surface area contributed by atoms with Gasteiger partial charge >= 0.3 is 0 Å². The Morgan fingerprint density at radius 1 is 0.955 bits per heavy atom. The lowest BCUT2D eigenvalue weighted by molar-refractivity contribution is -0.130. The van der Waals surface area contributed by atoms with E-state index in [1.165, 1.54) is 0 Å². The van der Waals surface area contributed by atoms with Crippen LogP contribution in [-0.4, -0.2) is 23.1 Å². The third-order valence-electron chi connectivity index (χ3n) is 3.33. The van der Waals surface area contributed by atoms with Crippen LogP contribution in [0.1, 0.15) is 22.3 Å². The second kappa shape index (κ2) is 7.93. The first kappa shape index (κ1) is 15.7. The molecule has 0 spiro atoms. The third kappa shape index (κ3) is 4.42. The van der Waals surface area contributed by atoms with Gasteiger partial charge in [-0.2, -0.15) is 0 Å². The zero-order valence-corrected chi connectivity index (χ0v) is 12.4. The first-order chi connectivity index (χ1) is 10.7. The van der Waals surface area contributed by atoms with Crippen molar-refractivity contribution in [1.82, 2.24) is 4.90 Å². The van der Waals surface area contributed by atoms with Crippen LogP contribution in [0.25, 0.3) is 0 Å². The predicted molar refractivity (Wildman–Crippen MR) is 87.4 cm³/mol. The van der Waals surface area contributed by atoms with Gasteiger partial charge in [0.05, 0.1) is 6.42 Å². The Hall–Kier alpha value is -2.68. The lowest BCUT2D eigenvalue weighted by atomic mass is 10.1. The molecule has 0 fully saturated rings. The highest BCUT2D eigenvalue weighted by molar-refractivity contribution is 6.07. The molecule has 2 aromatic carbocycles. The van der Waals surface area contributed by atoms with E-state index in [1.54, 1.807) is 35.2 Å². The molecule has 0 bridgehead atoms. The van der Waals surface area contributed by atoms with Crippen LogP contribution in [0.4, 0.5) is 0 Å². The summed E-state index contributed by atoms with van der Waals surface area (Å²) in [5.74, 6) is -0.342. The van der Waals surface area contributed by atoms with E-state index in [0.717, 1.165) is 5.56 Å². The number of hydrogen-bond donors (Lipinski definition) is 0. The molecular weight excluding hydrogens is 274 g/mol. The summed E-state index contributed by atoms with van der Waals surface area (Å²) in [4.78, 5) is 26.2. The first-order valence-corrected chi connectivity index (χ1v) is 7.21. The average Bonchev–Trinajstić information content (AvgIpc) is 2.56. The summed E-state index contributed by atoms with van der Waals surface area (Å²) in [5.41, 5.74) is 1.60. The predicted octanol–water partition coefficient (Wildman–Crippen LogP) is 3.47. The molecule has 3 nitrogen and oxygen atoms in total. The molecule has 1 amide bonds. The van der Waals surface area contributed by atoms with Crippen molar-refractivity contribution in [3.63, 3.8) is 0 Å². The van der Waals surface area contributed by atoms with E-state index < -0.39 is 0 Å². The molecule has 0 saturated carbocycles. The molecular formula is C19H19NO2. The second-order valence-corrected chi connectivity index (χ2v) is 5.01. The molecule has 0 saturated heterocycles. The normalized spacial score (nSPS) is 10.0. The summed E-state index contributed by atoms with van der Waals surface area (Å²) in [7, 11) is 0. The van der Waals surface area contributed by atoms with E-state index in [1.807, 2.05) is 36.4 Å². The van der Waals surface area contributed by atoms with Gasteiger partial charge in [-0.15, -0.1) is 6.58 Å². The lowest BCUT2D eigenvalue weighted by Crippen LogP contribution is -2.32. The highest BCUT2D eigenvalue weighted by Crippen LogP contribution is 2.09. The minimum atomic E-state index is -0.183. The van der Waals surface area contributed by atoms with Gasteiger partial charge in [0.15, 0.2) is 5.78 Å². The van der Waals surface area contributed by atoms with Gasteiger partial charge in [0.1, 0.15) is 0 Å². The molecule has 22 heavy (non-hydrogen) atoms. The second-order valence-electron chi connectivity index (χ2n) is 5.01. The van der Waals surface area contributed by atoms with Crippen molar-refractivity contribution in [3.05, 3.63) is 84.4 Å². The van der Waals surface area contributed by atoms with Crippen molar-refractivity contribution in [1.29, 1.82) is 0 Å². The van der Waals surface area contributed by atoms with E-state index in [4.69, 9.17) is 0 Å². The molecule has 0 atom stereocenters. The van der Waals surface area contributed by atoms with Gasteiger partial charge < -0.3 is 4.90 Å². The fourth-order valence-electron chi connectivity index (χ4n) is 2.19. The monoisotopic (exact) mass is 293 g/mol. The standard InChI is InChI=1S/C19H19NO2/c1-2-13-20(15-16-9-5-3-6-10-16)19(22)14-18(21)17-11-7-4-8-12-17/h2-12H,1,13-15H2. The number of hydrogen-bond acceptors (Lipinski definition) is 2.